The molecule has 1 fully saturated rings. The summed E-state index contributed by atoms with van der Waals surface area (Å²) in [5.74, 6) is 0.197. The van der Waals surface area contributed by atoms with E-state index in [9.17, 15) is 4.79 Å². The van der Waals surface area contributed by atoms with E-state index in [1.54, 1.807) is 0 Å². The molecule has 0 atom stereocenters. The number of hydrogen-bond acceptors (Lipinski definition) is 2. The summed E-state index contributed by atoms with van der Waals surface area (Å²) in [6, 6.07) is 5.96. The maximum Gasteiger partial charge on any atom is 0.232 e. The van der Waals surface area contributed by atoms with Gasteiger partial charge < -0.3 is 10.6 Å². The third-order valence-electron chi connectivity index (χ3n) is 4.39. The highest BCUT2D eigenvalue weighted by Crippen LogP contribution is 2.40. The van der Waals surface area contributed by atoms with Crippen LogP contribution in [-0.2, 0) is 4.79 Å². The van der Waals surface area contributed by atoms with Gasteiger partial charge in [-0.05, 0) is 31.0 Å². The van der Waals surface area contributed by atoms with Crippen LogP contribution in [0.25, 0.3) is 0 Å². The van der Waals surface area contributed by atoms with E-state index < -0.39 is 0 Å². The lowest BCUT2D eigenvalue weighted by atomic mass is 9.79. The maximum absolute atomic E-state index is 12.6. The van der Waals surface area contributed by atoms with Crippen molar-refractivity contribution in [1.29, 1.82) is 0 Å². The van der Waals surface area contributed by atoms with Gasteiger partial charge in [-0.2, -0.15) is 0 Å². The van der Waals surface area contributed by atoms with Crippen LogP contribution in [0.2, 0.25) is 0 Å². The Hall–Kier alpha value is -1.03. The summed E-state index contributed by atoms with van der Waals surface area (Å²) < 4.78 is 1.03. The predicted molar refractivity (Wildman–Crippen MR) is 81.4 cm³/mol. The van der Waals surface area contributed by atoms with Crippen molar-refractivity contribution in [1.82, 2.24) is 0 Å². The predicted octanol–water partition coefficient (Wildman–Crippen LogP) is 4.15. The Labute approximate surface area is 122 Å². The van der Waals surface area contributed by atoms with Crippen molar-refractivity contribution in [3.8, 4) is 0 Å². The first-order valence-electron chi connectivity index (χ1n) is 7.05. The molecule has 2 aliphatic rings. The lowest BCUT2D eigenvalue weighted by molar-refractivity contribution is -0.125. The highest BCUT2D eigenvalue weighted by Gasteiger charge is 2.40. The van der Waals surface area contributed by atoms with E-state index in [4.69, 9.17) is 0 Å². The first kappa shape index (κ1) is 13.0. The number of halogens is 1. The summed E-state index contributed by atoms with van der Waals surface area (Å²) >= 11 is 3.48. The van der Waals surface area contributed by atoms with Crippen molar-refractivity contribution >= 4 is 33.2 Å². The number of amides is 1. The summed E-state index contributed by atoms with van der Waals surface area (Å²) in [6.45, 7) is 0.752. The second-order valence-electron chi connectivity index (χ2n) is 5.69. The number of benzene rings is 1. The second-order valence-corrected chi connectivity index (χ2v) is 6.61. The van der Waals surface area contributed by atoms with Gasteiger partial charge >= 0.3 is 0 Å². The van der Waals surface area contributed by atoms with E-state index in [-0.39, 0.29) is 11.3 Å². The van der Waals surface area contributed by atoms with E-state index in [0.29, 0.717) is 0 Å². The van der Waals surface area contributed by atoms with Crippen LogP contribution >= 0.6 is 15.9 Å². The minimum Gasteiger partial charge on any atom is -0.382 e. The number of rotatable bonds is 0. The third-order valence-corrected chi connectivity index (χ3v) is 4.88. The Balaban J connectivity index is 1.90. The zero-order chi connectivity index (χ0) is 13.3. The fourth-order valence-electron chi connectivity index (χ4n) is 3.18. The van der Waals surface area contributed by atoms with Crippen LogP contribution in [0.4, 0.5) is 11.4 Å². The zero-order valence-corrected chi connectivity index (χ0v) is 12.6. The standard InChI is InChI=1S/C15H19BrN2O/c16-11-5-6-12-13(9-11)17-10-15(14(19)18-12)7-3-1-2-4-8-15/h5-6,9,17H,1-4,7-8,10H2,(H,18,19). The smallest absolute Gasteiger partial charge is 0.232 e. The van der Waals surface area contributed by atoms with Gasteiger partial charge in [-0.1, -0.05) is 41.6 Å². The Bertz CT molecular complexity index is 493. The van der Waals surface area contributed by atoms with Crippen LogP contribution in [-0.4, -0.2) is 12.5 Å². The Morgan fingerprint density at radius 1 is 1.05 bits per heavy atom. The Kier molecular flexibility index (Phi) is 3.52. The minimum absolute atomic E-state index is 0.197. The molecule has 0 bridgehead atoms. The molecule has 0 aromatic heterocycles. The number of fused-ring (bicyclic) bond motifs is 1. The first-order chi connectivity index (χ1) is 9.20. The molecule has 0 radical (unpaired) electrons. The topological polar surface area (TPSA) is 41.1 Å². The summed E-state index contributed by atoms with van der Waals surface area (Å²) in [5, 5.41) is 6.59. The fourth-order valence-corrected chi connectivity index (χ4v) is 3.54. The minimum atomic E-state index is -0.220. The van der Waals surface area contributed by atoms with Crippen LogP contribution in [0.1, 0.15) is 38.5 Å². The average Bonchev–Trinajstić information content (AvgIpc) is 2.71. The molecular formula is C15H19BrN2O. The number of anilines is 2. The SMILES string of the molecule is O=C1Nc2ccc(Br)cc2NCC12CCCCCC2. The molecule has 1 aromatic carbocycles. The van der Waals surface area contributed by atoms with Gasteiger partial charge in [0.15, 0.2) is 0 Å². The average molecular weight is 323 g/mol. The van der Waals surface area contributed by atoms with Gasteiger partial charge in [-0.25, -0.2) is 0 Å². The largest absolute Gasteiger partial charge is 0.382 e. The molecule has 19 heavy (non-hydrogen) atoms. The Morgan fingerprint density at radius 2 is 1.79 bits per heavy atom. The Morgan fingerprint density at radius 3 is 2.53 bits per heavy atom. The summed E-state index contributed by atoms with van der Waals surface area (Å²) in [6.07, 6.45) is 6.84. The number of carbonyl (C=O) groups excluding carboxylic acids is 1. The molecule has 0 saturated heterocycles. The number of hydrogen-bond donors (Lipinski definition) is 2. The van der Waals surface area contributed by atoms with Gasteiger partial charge in [0.25, 0.3) is 0 Å². The van der Waals surface area contributed by atoms with Crippen molar-refractivity contribution < 1.29 is 4.79 Å². The van der Waals surface area contributed by atoms with Crippen molar-refractivity contribution in [3.05, 3.63) is 22.7 Å². The molecule has 1 aliphatic carbocycles. The van der Waals surface area contributed by atoms with Crippen LogP contribution in [0.15, 0.2) is 22.7 Å². The van der Waals surface area contributed by atoms with Crippen LogP contribution in [0.3, 0.4) is 0 Å². The van der Waals surface area contributed by atoms with Gasteiger partial charge in [-0.15, -0.1) is 0 Å². The monoisotopic (exact) mass is 322 g/mol. The van der Waals surface area contributed by atoms with Gasteiger partial charge in [0, 0.05) is 11.0 Å². The molecule has 1 amide bonds. The van der Waals surface area contributed by atoms with Crippen LogP contribution < -0.4 is 10.6 Å². The molecule has 1 heterocycles. The highest BCUT2D eigenvalue weighted by molar-refractivity contribution is 9.10. The molecule has 1 spiro atoms. The lowest BCUT2D eigenvalue weighted by Crippen LogP contribution is -2.39. The molecule has 0 unspecified atom stereocenters. The van der Waals surface area contributed by atoms with Crippen molar-refractivity contribution in [3.63, 3.8) is 0 Å². The fraction of sp³-hybridized carbons (Fsp3) is 0.533. The molecule has 1 saturated carbocycles. The van der Waals surface area contributed by atoms with E-state index in [1.165, 1.54) is 12.8 Å². The van der Waals surface area contributed by atoms with Gasteiger partial charge in [0.2, 0.25) is 5.91 Å². The quantitative estimate of drug-likeness (QED) is 0.753. The summed E-state index contributed by atoms with van der Waals surface area (Å²) in [5.41, 5.74) is 1.69. The summed E-state index contributed by atoms with van der Waals surface area (Å²) in [7, 11) is 0. The summed E-state index contributed by atoms with van der Waals surface area (Å²) in [4.78, 5) is 12.6. The number of nitrogens with one attached hydrogen (secondary N) is 2. The maximum atomic E-state index is 12.6. The molecule has 3 nitrogen and oxygen atoms in total. The van der Waals surface area contributed by atoms with Gasteiger partial charge in [0.05, 0.1) is 16.8 Å². The first-order valence-corrected chi connectivity index (χ1v) is 7.84. The molecule has 1 aliphatic heterocycles. The van der Waals surface area contributed by atoms with Crippen molar-refractivity contribution in [2.24, 2.45) is 5.41 Å². The van der Waals surface area contributed by atoms with Gasteiger partial charge in [0.1, 0.15) is 0 Å². The van der Waals surface area contributed by atoms with Gasteiger partial charge in [-0.3, -0.25) is 4.79 Å². The third kappa shape index (κ3) is 2.50. The molecular weight excluding hydrogens is 304 g/mol. The van der Waals surface area contributed by atoms with E-state index in [2.05, 4.69) is 26.6 Å². The second kappa shape index (κ2) is 5.16. The molecule has 4 heteroatoms. The van der Waals surface area contributed by atoms with E-state index in [1.807, 2.05) is 18.2 Å². The lowest BCUT2D eigenvalue weighted by Gasteiger charge is -2.29. The molecule has 2 N–H and O–H groups in total. The van der Waals surface area contributed by atoms with E-state index in [0.717, 1.165) is 48.1 Å². The molecule has 102 valence electrons. The van der Waals surface area contributed by atoms with Crippen molar-refractivity contribution in [2.45, 2.75) is 38.5 Å². The molecule has 1 aromatic rings. The molecule has 3 rings (SSSR count). The highest BCUT2D eigenvalue weighted by atomic mass is 79.9. The normalized spacial score (nSPS) is 21.8. The zero-order valence-electron chi connectivity index (χ0n) is 11.0. The van der Waals surface area contributed by atoms with Crippen LogP contribution in [0.5, 0.6) is 0 Å². The number of carbonyl (C=O) groups is 1. The van der Waals surface area contributed by atoms with Crippen LogP contribution in [0, 0.1) is 5.41 Å². The van der Waals surface area contributed by atoms with E-state index >= 15 is 0 Å². The van der Waals surface area contributed by atoms with Crippen molar-refractivity contribution in [2.75, 3.05) is 17.2 Å².